The molecule has 0 radical (unpaired) electrons. The summed E-state index contributed by atoms with van der Waals surface area (Å²) in [6, 6.07) is 5.99. The minimum absolute atomic E-state index is 0.0219. The van der Waals surface area contributed by atoms with E-state index in [-0.39, 0.29) is 12.5 Å². The Kier molecular flexibility index (Phi) is 5.63. The van der Waals surface area contributed by atoms with Crippen LogP contribution in [0.4, 0.5) is 13.6 Å². The van der Waals surface area contributed by atoms with Crippen molar-refractivity contribution in [2.24, 2.45) is 5.73 Å². The predicted octanol–water partition coefficient (Wildman–Crippen LogP) is 3.29. The minimum atomic E-state index is -0.843. The van der Waals surface area contributed by atoms with Crippen LogP contribution < -0.4 is 5.73 Å². The Hall–Kier alpha value is -3.07. The van der Waals surface area contributed by atoms with E-state index >= 15 is 0 Å². The van der Waals surface area contributed by atoms with Gasteiger partial charge < -0.3 is 10.5 Å². The summed E-state index contributed by atoms with van der Waals surface area (Å²) < 4.78 is 33.5. The Labute approximate surface area is 172 Å². The summed E-state index contributed by atoms with van der Waals surface area (Å²) in [5, 5.41) is 4.61. The quantitative estimate of drug-likeness (QED) is 0.691. The Morgan fingerprint density at radius 2 is 2.13 bits per heavy atom. The SMILES string of the molecule is Cc1nn2c(C3CCCN(Cc4ccc(F)c(F)c4)C3)ccnc2c1COC(N)=O. The van der Waals surface area contributed by atoms with Gasteiger partial charge in [-0.25, -0.2) is 23.1 Å². The molecular weight excluding hydrogens is 392 g/mol. The predicted molar refractivity (Wildman–Crippen MR) is 106 cm³/mol. The molecule has 1 aliphatic heterocycles. The Balaban J connectivity index is 1.56. The fourth-order valence-corrected chi connectivity index (χ4v) is 4.07. The van der Waals surface area contributed by atoms with E-state index in [1.165, 1.54) is 12.1 Å². The van der Waals surface area contributed by atoms with Gasteiger partial charge in [0.15, 0.2) is 17.3 Å². The lowest BCUT2D eigenvalue weighted by molar-refractivity contribution is 0.150. The van der Waals surface area contributed by atoms with Gasteiger partial charge in [-0.3, -0.25) is 4.90 Å². The Morgan fingerprint density at radius 1 is 1.30 bits per heavy atom. The molecule has 7 nitrogen and oxygen atoms in total. The maximum absolute atomic E-state index is 13.6. The fourth-order valence-electron chi connectivity index (χ4n) is 4.07. The van der Waals surface area contributed by atoms with Crippen LogP contribution >= 0.6 is 0 Å². The van der Waals surface area contributed by atoms with Gasteiger partial charge in [-0.2, -0.15) is 5.10 Å². The van der Waals surface area contributed by atoms with Gasteiger partial charge in [0.05, 0.1) is 17.0 Å². The normalized spacial score (nSPS) is 17.4. The molecular formula is C21H23F2N5O2. The Bertz CT molecular complexity index is 1080. The number of hydrogen-bond acceptors (Lipinski definition) is 5. The van der Waals surface area contributed by atoms with Crippen LogP contribution in [0.1, 0.15) is 41.3 Å². The number of carbonyl (C=O) groups is 1. The first kappa shape index (κ1) is 20.2. The monoisotopic (exact) mass is 415 g/mol. The zero-order chi connectivity index (χ0) is 21.3. The van der Waals surface area contributed by atoms with E-state index in [2.05, 4.69) is 15.0 Å². The van der Waals surface area contributed by atoms with E-state index in [0.717, 1.165) is 48.4 Å². The number of aryl methyl sites for hydroxylation is 1. The van der Waals surface area contributed by atoms with Gasteiger partial charge in [-0.1, -0.05) is 6.07 Å². The third kappa shape index (κ3) is 4.11. The van der Waals surface area contributed by atoms with Crippen molar-refractivity contribution in [2.75, 3.05) is 13.1 Å². The van der Waals surface area contributed by atoms with Gasteiger partial charge in [0.1, 0.15) is 6.61 Å². The molecule has 1 unspecified atom stereocenters. The molecule has 0 saturated carbocycles. The summed E-state index contributed by atoms with van der Waals surface area (Å²) in [6.45, 7) is 4.07. The minimum Gasteiger partial charge on any atom is -0.445 e. The number of primary amides is 1. The highest BCUT2D eigenvalue weighted by Crippen LogP contribution is 2.29. The number of aromatic nitrogens is 3. The van der Waals surface area contributed by atoms with Crippen LogP contribution in [0.3, 0.4) is 0 Å². The molecule has 9 heteroatoms. The second-order valence-corrected chi connectivity index (χ2v) is 7.60. The number of rotatable bonds is 5. The van der Waals surface area contributed by atoms with Gasteiger partial charge >= 0.3 is 6.09 Å². The number of ether oxygens (including phenoxy) is 1. The summed E-state index contributed by atoms with van der Waals surface area (Å²) in [4.78, 5) is 17.6. The molecule has 3 aromatic rings. The zero-order valence-electron chi connectivity index (χ0n) is 16.6. The van der Waals surface area contributed by atoms with Crippen molar-refractivity contribution in [3.05, 3.63) is 64.6 Å². The van der Waals surface area contributed by atoms with Crippen LogP contribution in [-0.4, -0.2) is 38.7 Å². The third-order valence-electron chi connectivity index (χ3n) is 5.52. The van der Waals surface area contributed by atoms with Crippen molar-refractivity contribution in [2.45, 2.75) is 38.8 Å². The number of amides is 1. The van der Waals surface area contributed by atoms with Crippen LogP contribution in [-0.2, 0) is 17.9 Å². The number of nitrogens with zero attached hydrogens (tertiary/aromatic N) is 4. The lowest BCUT2D eigenvalue weighted by Crippen LogP contribution is -2.34. The van der Waals surface area contributed by atoms with Crippen LogP contribution in [0.2, 0.25) is 0 Å². The summed E-state index contributed by atoms with van der Waals surface area (Å²) in [5.74, 6) is -1.45. The molecule has 30 heavy (non-hydrogen) atoms. The van der Waals surface area contributed by atoms with Crippen molar-refractivity contribution in [3.63, 3.8) is 0 Å². The van der Waals surface area contributed by atoms with Crippen molar-refractivity contribution in [1.82, 2.24) is 19.5 Å². The van der Waals surface area contributed by atoms with Crippen LogP contribution in [0.15, 0.2) is 30.5 Å². The second kappa shape index (κ2) is 8.35. The number of fused-ring (bicyclic) bond motifs is 1. The molecule has 1 saturated heterocycles. The maximum Gasteiger partial charge on any atom is 0.404 e. The average molecular weight is 415 g/mol. The number of carbonyl (C=O) groups excluding carboxylic acids is 1. The zero-order valence-corrected chi connectivity index (χ0v) is 16.6. The van der Waals surface area contributed by atoms with Crippen molar-refractivity contribution < 1.29 is 18.3 Å². The van der Waals surface area contributed by atoms with Gasteiger partial charge in [-0.15, -0.1) is 0 Å². The molecule has 3 heterocycles. The molecule has 0 spiro atoms. The first-order chi connectivity index (χ1) is 14.4. The van der Waals surface area contributed by atoms with Gasteiger partial charge in [0.2, 0.25) is 0 Å². The largest absolute Gasteiger partial charge is 0.445 e. The molecule has 1 aliphatic rings. The number of likely N-dealkylation sites (tertiary alicyclic amines) is 1. The summed E-state index contributed by atoms with van der Waals surface area (Å²) in [6.07, 6.45) is 2.86. The van der Waals surface area contributed by atoms with Gasteiger partial charge in [0, 0.05) is 25.2 Å². The van der Waals surface area contributed by atoms with Crippen LogP contribution in [0.25, 0.3) is 5.65 Å². The standard InChI is InChI=1S/C21H23F2N5O2/c1-13-16(12-30-21(24)29)20-25-7-6-19(28(20)26-13)15-3-2-8-27(11-15)10-14-4-5-17(22)18(23)9-14/h4-7,9,15H,2-3,8,10-12H2,1H3,(H2,24,29). The third-order valence-corrected chi connectivity index (χ3v) is 5.52. The summed E-state index contributed by atoms with van der Waals surface area (Å²) >= 11 is 0. The highest BCUT2D eigenvalue weighted by molar-refractivity contribution is 5.65. The second-order valence-electron chi connectivity index (χ2n) is 7.60. The molecule has 4 rings (SSSR count). The smallest absolute Gasteiger partial charge is 0.404 e. The highest BCUT2D eigenvalue weighted by atomic mass is 19.2. The van der Waals surface area contributed by atoms with E-state index in [1.54, 1.807) is 16.8 Å². The highest BCUT2D eigenvalue weighted by Gasteiger charge is 2.25. The number of nitrogens with two attached hydrogens (primary N) is 1. The number of piperidine rings is 1. The van der Waals surface area contributed by atoms with Crippen LogP contribution in [0, 0.1) is 18.6 Å². The van der Waals surface area contributed by atoms with Crippen molar-refractivity contribution in [3.8, 4) is 0 Å². The summed E-state index contributed by atoms with van der Waals surface area (Å²) in [7, 11) is 0. The summed E-state index contributed by atoms with van der Waals surface area (Å²) in [5.41, 5.74) is 8.95. The van der Waals surface area contributed by atoms with Crippen LogP contribution in [0.5, 0.6) is 0 Å². The fraction of sp³-hybridized carbons (Fsp3) is 0.381. The molecule has 1 amide bonds. The molecule has 0 aliphatic carbocycles. The van der Waals surface area contributed by atoms with Crippen molar-refractivity contribution in [1.29, 1.82) is 0 Å². The molecule has 0 bridgehead atoms. The van der Waals surface area contributed by atoms with E-state index < -0.39 is 17.7 Å². The number of hydrogen-bond donors (Lipinski definition) is 1. The molecule has 1 atom stereocenters. The number of halogens is 2. The van der Waals surface area contributed by atoms with E-state index in [4.69, 9.17) is 10.5 Å². The lowest BCUT2D eigenvalue weighted by Gasteiger charge is -2.33. The topological polar surface area (TPSA) is 85.8 Å². The lowest BCUT2D eigenvalue weighted by atomic mass is 9.94. The molecule has 1 fully saturated rings. The first-order valence-corrected chi connectivity index (χ1v) is 9.84. The van der Waals surface area contributed by atoms with Gasteiger partial charge in [0.25, 0.3) is 0 Å². The first-order valence-electron chi connectivity index (χ1n) is 9.84. The van der Waals surface area contributed by atoms with E-state index in [0.29, 0.717) is 12.2 Å². The molecule has 2 N–H and O–H groups in total. The Morgan fingerprint density at radius 3 is 2.90 bits per heavy atom. The molecule has 158 valence electrons. The van der Waals surface area contributed by atoms with E-state index in [1.807, 2.05) is 13.0 Å². The maximum atomic E-state index is 13.6. The average Bonchev–Trinajstić information content (AvgIpc) is 3.04. The number of benzene rings is 1. The molecule has 1 aromatic carbocycles. The van der Waals surface area contributed by atoms with E-state index in [9.17, 15) is 13.6 Å². The molecule has 2 aromatic heterocycles. The van der Waals surface area contributed by atoms with Crippen molar-refractivity contribution >= 4 is 11.7 Å². The van der Waals surface area contributed by atoms with Gasteiger partial charge in [-0.05, 0) is 50.1 Å².